The molecule has 0 heterocycles. The monoisotopic (exact) mass is 161 g/mol. The minimum Gasteiger partial charge on any atom is -0.399 e. The van der Waals surface area contributed by atoms with Crippen LogP contribution >= 0.6 is 0 Å². The van der Waals surface area contributed by atoms with Crippen molar-refractivity contribution in [1.29, 1.82) is 0 Å². The standard InChI is InChI=1S/C11H15N/c1-2-3-4-7-10-8-5-6-9-11(10)12/h2,5-6,8-9H,1,3-4,7,12H2. The Morgan fingerprint density at radius 3 is 2.75 bits per heavy atom. The molecular formula is C11H15N. The van der Waals surface area contributed by atoms with E-state index in [1.54, 1.807) is 0 Å². The fraction of sp³-hybridized carbons (Fsp3) is 0.273. The van der Waals surface area contributed by atoms with E-state index in [1.807, 2.05) is 24.3 Å². The van der Waals surface area contributed by atoms with Crippen LogP contribution in [-0.2, 0) is 6.42 Å². The van der Waals surface area contributed by atoms with Gasteiger partial charge in [0.1, 0.15) is 0 Å². The average molecular weight is 161 g/mol. The number of hydrogen-bond donors (Lipinski definition) is 1. The molecule has 1 heteroatoms. The molecule has 0 aliphatic carbocycles. The van der Waals surface area contributed by atoms with Crippen molar-refractivity contribution in [1.82, 2.24) is 0 Å². The molecule has 0 unspecified atom stereocenters. The Morgan fingerprint density at radius 2 is 2.08 bits per heavy atom. The molecule has 1 rings (SSSR count). The predicted octanol–water partition coefficient (Wildman–Crippen LogP) is 2.78. The van der Waals surface area contributed by atoms with Gasteiger partial charge in [0, 0.05) is 5.69 Å². The zero-order valence-electron chi connectivity index (χ0n) is 7.29. The Bertz CT molecular complexity index is 253. The van der Waals surface area contributed by atoms with Crippen molar-refractivity contribution in [2.75, 3.05) is 5.73 Å². The van der Waals surface area contributed by atoms with E-state index in [1.165, 1.54) is 5.56 Å². The number of unbranched alkanes of at least 4 members (excludes halogenated alkanes) is 1. The molecule has 2 N–H and O–H groups in total. The molecule has 0 aliphatic heterocycles. The number of para-hydroxylation sites is 1. The molecule has 0 bridgehead atoms. The van der Waals surface area contributed by atoms with Crippen molar-refractivity contribution in [3.8, 4) is 0 Å². The highest BCUT2D eigenvalue weighted by Crippen LogP contribution is 2.13. The van der Waals surface area contributed by atoms with Gasteiger partial charge < -0.3 is 5.73 Å². The van der Waals surface area contributed by atoms with Gasteiger partial charge in [-0.3, -0.25) is 0 Å². The highest BCUT2D eigenvalue weighted by atomic mass is 14.6. The SMILES string of the molecule is C=CCCCc1ccccc1N. The van der Waals surface area contributed by atoms with E-state index >= 15 is 0 Å². The van der Waals surface area contributed by atoms with Crippen molar-refractivity contribution in [2.45, 2.75) is 19.3 Å². The number of nitrogens with two attached hydrogens (primary N) is 1. The molecule has 0 aromatic heterocycles. The number of benzene rings is 1. The lowest BCUT2D eigenvalue weighted by Crippen LogP contribution is -1.93. The first-order valence-corrected chi connectivity index (χ1v) is 4.29. The van der Waals surface area contributed by atoms with Crippen molar-refractivity contribution < 1.29 is 0 Å². The minimum atomic E-state index is 0.904. The van der Waals surface area contributed by atoms with E-state index in [0.29, 0.717) is 0 Å². The van der Waals surface area contributed by atoms with Gasteiger partial charge in [-0.05, 0) is 30.9 Å². The average Bonchev–Trinajstić information content (AvgIpc) is 2.09. The Kier molecular flexibility index (Phi) is 3.39. The van der Waals surface area contributed by atoms with Gasteiger partial charge in [-0.1, -0.05) is 24.3 Å². The third-order valence-corrected chi connectivity index (χ3v) is 1.91. The van der Waals surface area contributed by atoms with E-state index < -0.39 is 0 Å². The maximum Gasteiger partial charge on any atom is 0.0346 e. The highest BCUT2D eigenvalue weighted by Gasteiger charge is 1.95. The summed E-state index contributed by atoms with van der Waals surface area (Å²) in [6.07, 6.45) is 5.20. The van der Waals surface area contributed by atoms with Crippen LogP contribution in [0.4, 0.5) is 5.69 Å². The van der Waals surface area contributed by atoms with Gasteiger partial charge in [-0.2, -0.15) is 0 Å². The molecule has 1 aromatic rings. The molecular weight excluding hydrogens is 146 g/mol. The maximum atomic E-state index is 5.78. The number of nitrogen functional groups attached to an aromatic ring is 1. The first-order valence-electron chi connectivity index (χ1n) is 4.29. The lowest BCUT2D eigenvalue weighted by atomic mass is 10.1. The first-order chi connectivity index (χ1) is 5.84. The van der Waals surface area contributed by atoms with Crippen molar-refractivity contribution in [3.63, 3.8) is 0 Å². The fourth-order valence-electron chi connectivity index (χ4n) is 1.20. The minimum absolute atomic E-state index is 0.904. The summed E-state index contributed by atoms with van der Waals surface area (Å²) in [6.45, 7) is 3.68. The Labute approximate surface area is 73.9 Å². The van der Waals surface area contributed by atoms with E-state index in [4.69, 9.17) is 5.73 Å². The summed E-state index contributed by atoms with van der Waals surface area (Å²) >= 11 is 0. The summed E-state index contributed by atoms with van der Waals surface area (Å²) in [5.74, 6) is 0. The van der Waals surface area contributed by atoms with Gasteiger partial charge in [-0.25, -0.2) is 0 Å². The summed E-state index contributed by atoms with van der Waals surface area (Å²) in [7, 11) is 0. The van der Waals surface area contributed by atoms with Crippen LogP contribution in [-0.4, -0.2) is 0 Å². The predicted molar refractivity (Wildman–Crippen MR) is 54.0 cm³/mol. The lowest BCUT2D eigenvalue weighted by Gasteiger charge is -2.02. The molecule has 0 saturated heterocycles. The molecule has 64 valence electrons. The highest BCUT2D eigenvalue weighted by molar-refractivity contribution is 5.46. The third-order valence-electron chi connectivity index (χ3n) is 1.91. The van der Waals surface area contributed by atoms with Crippen molar-refractivity contribution in [2.24, 2.45) is 0 Å². The number of rotatable bonds is 4. The zero-order chi connectivity index (χ0) is 8.81. The maximum absolute atomic E-state index is 5.78. The molecule has 1 aromatic carbocycles. The second kappa shape index (κ2) is 4.60. The number of hydrogen-bond acceptors (Lipinski definition) is 1. The largest absolute Gasteiger partial charge is 0.399 e. The van der Waals surface area contributed by atoms with Crippen molar-refractivity contribution >= 4 is 5.69 Å². The van der Waals surface area contributed by atoms with Crippen LogP contribution in [0, 0.1) is 0 Å². The fourth-order valence-corrected chi connectivity index (χ4v) is 1.20. The molecule has 1 nitrogen and oxygen atoms in total. The summed E-state index contributed by atoms with van der Waals surface area (Å²) < 4.78 is 0. The summed E-state index contributed by atoms with van der Waals surface area (Å²) in [4.78, 5) is 0. The second-order valence-corrected chi connectivity index (χ2v) is 2.88. The quantitative estimate of drug-likeness (QED) is 0.410. The van der Waals surface area contributed by atoms with Crippen LogP contribution in [0.5, 0.6) is 0 Å². The molecule has 0 radical (unpaired) electrons. The van der Waals surface area contributed by atoms with E-state index in [0.717, 1.165) is 24.9 Å². The third kappa shape index (κ3) is 2.42. The number of anilines is 1. The molecule has 0 amide bonds. The molecule has 0 aliphatic rings. The van der Waals surface area contributed by atoms with Crippen LogP contribution in [0.15, 0.2) is 36.9 Å². The molecule has 0 spiro atoms. The van der Waals surface area contributed by atoms with Crippen LogP contribution in [0.3, 0.4) is 0 Å². The smallest absolute Gasteiger partial charge is 0.0346 e. The Balaban J connectivity index is 2.51. The van der Waals surface area contributed by atoms with Gasteiger partial charge in [0.25, 0.3) is 0 Å². The van der Waals surface area contributed by atoms with Crippen LogP contribution < -0.4 is 5.73 Å². The van der Waals surface area contributed by atoms with Gasteiger partial charge >= 0.3 is 0 Å². The van der Waals surface area contributed by atoms with Gasteiger partial charge in [0.2, 0.25) is 0 Å². The van der Waals surface area contributed by atoms with Gasteiger partial charge in [0.05, 0.1) is 0 Å². The normalized spacial score (nSPS) is 9.67. The van der Waals surface area contributed by atoms with Crippen LogP contribution in [0.2, 0.25) is 0 Å². The Hall–Kier alpha value is -1.24. The molecule has 0 fully saturated rings. The summed E-state index contributed by atoms with van der Waals surface area (Å²) in [5.41, 5.74) is 7.93. The first kappa shape index (κ1) is 8.85. The van der Waals surface area contributed by atoms with Gasteiger partial charge in [0.15, 0.2) is 0 Å². The van der Waals surface area contributed by atoms with Crippen molar-refractivity contribution in [3.05, 3.63) is 42.5 Å². The second-order valence-electron chi connectivity index (χ2n) is 2.88. The topological polar surface area (TPSA) is 26.0 Å². The van der Waals surface area contributed by atoms with Gasteiger partial charge in [-0.15, -0.1) is 6.58 Å². The van der Waals surface area contributed by atoms with E-state index in [9.17, 15) is 0 Å². The Morgan fingerprint density at radius 1 is 1.33 bits per heavy atom. The number of aryl methyl sites for hydroxylation is 1. The molecule has 12 heavy (non-hydrogen) atoms. The molecule has 0 saturated carbocycles. The van der Waals surface area contributed by atoms with Crippen LogP contribution in [0.25, 0.3) is 0 Å². The zero-order valence-corrected chi connectivity index (χ0v) is 7.29. The number of allylic oxidation sites excluding steroid dienone is 1. The van der Waals surface area contributed by atoms with E-state index in [-0.39, 0.29) is 0 Å². The summed E-state index contributed by atoms with van der Waals surface area (Å²) in [6, 6.07) is 8.02. The summed E-state index contributed by atoms with van der Waals surface area (Å²) in [5, 5.41) is 0. The van der Waals surface area contributed by atoms with E-state index in [2.05, 4.69) is 12.6 Å². The molecule has 0 atom stereocenters. The lowest BCUT2D eigenvalue weighted by molar-refractivity contribution is 0.846. The van der Waals surface area contributed by atoms with Crippen LogP contribution in [0.1, 0.15) is 18.4 Å².